The van der Waals surface area contributed by atoms with E-state index in [9.17, 15) is 24.5 Å². The zero-order chi connectivity index (χ0) is 25.1. The van der Waals surface area contributed by atoms with Gasteiger partial charge >= 0.3 is 5.97 Å². The summed E-state index contributed by atoms with van der Waals surface area (Å²) < 4.78 is 5.19. The molecular weight excluding hydrogens is 492 g/mol. The molecule has 2 heterocycles. The van der Waals surface area contributed by atoms with Gasteiger partial charge in [-0.25, -0.2) is 4.79 Å². The number of non-ortho nitro benzene ring substituents is 1. The molecular formula is C23H16N4O6S2. The van der Waals surface area contributed by atoms with E-state index in [1.807, 2.05) is 0 Å². The second-order valence-electron chi connectivity index (χ2n) is 7.06. The number of benzene rings is 2. The van der Waals surface area contributed by atoms with E-state index in [2.05, 4.69) is 5.10 Å². The van der Waals surface area contributed by atoms with Crippen molar-refractivity contribution in [1.82, 2.24) is 4.90 Å². The molecule has 4 rings (SSSR count). The first-order chi connectivity index (χ1) is 16.8. The van der Waals surface area contributed by atoms with Crippen LogP contribution in [-0.4, -0.2) is 44.2 Å². The first-order valence-corrected chi connectivity index (χ1v) is 11.4. The summed E-state index contributed by atoms with van der Waals surface area (Å²) in [4.78, 5) is 50.4. The van der Waals surface area contributed by atoms with Gasteiger partial charge in [0.05, 0.1) is 27.7 Å². The highest BCUT2D eigenvalue weighted by Crippen LogP contribution is 2.34. The lowest BCUT2D eigenvalue weighted by Crippen LogP contribution is -2.28. The summed E-state index contributed by atoms with van der Waals surface area (Å²) in [7, 11) is 0. The van der Waals surface area contributed by atoms with Gasteiger partial charge in [0.1, 0.15) is 0 Å². The van der Waals surface area contributed by atoms with Gasteiger partial charge < -0.3 is 4.74 Å². The van der Waals surface area contributed by atoms with E-state index in [4.69, 9.17) is 17.0 Å². The van der Waals surface area contributed by atoms with E-state index in [-0.39, 0.29) is 32.8 Å². The van der Waals surface area contributed by atoms with Crippen LogP contribution in [0.15, 0.2) is 76.4 Å². The number of amides is 2. The van der Waals surface area contributed by atoms with E-state index in [0.29, 0.717) is 11.3 Å². The maximum absolute atomic E-state index is 13.2. The van der Waals surface area contributed by atoms with Gasteiger partial charge in [-0.2, -0.15) is 10.1 Å². The Hall–Kier alpha value is -4.16. The molecule has 2 aliphatic rings. The Morgan fingerprint density at radius 2 is 1.83 bits per heavy atom. The first kappa shape index (κ1) is 24.0. The molecule has 0 aliphatic carbocycles. The van der Waals surface area contributed by atoms with Crippen LogP contribution in [0.2, 0.25) is 0 Å². The Kier molecular flexibility index (Phi) is 6.85. The molecule has 0 radical (unpaired) electrons. The molecule has 0 spiro atoms. The Bertz CT molecular complexity index is 1340. The maximum Gasteiger partial charge on any atom is 0.359 e. The minimum Gasteiger partial charge on any atom is -0.461 e. The topological polar surface area (TPSA) is 122 Å². The second kappa shape index (κ2) is 9.99. The van der Waals surface area contributed by atoms with Crippen molar-refractivity contribution in [1.29, 1.82) is 0 Å². The number of hydrazone groups is 1. The van der Waals surface area contributed by atoms with Crippen LogP contribution in [0.25, 0.3) is 6.08 Å². The van der Waals surface area contributed by atoms with Crippen LogP contribution in [-0.2, 0) is 19.1 Å². The molecule has 176 valence electrons. The predicted molar refractivity (Wildman–Crippen MR) is 134 cm³/mol. The van der Waals surface area contributed by atoms with Crippen LogP contribution in [0.4, 0.5) is 11.4 Å². The number of ether oxygens (including phenoxy) is 1. The van der Waals surface area contributed by atoms with Gasteiger partial charge in [-0.1, -0.05) is 42.2 Å². The molecule has 0 unspecified atom stereocenters. The second-order valence-corrected chi connectivity index (χ2v) is 8.74. The van der Waals surface area contributed by atoms with Gasteiger partial charge in [-0.15, -0.1) is 0 Å². The predicted octanol–water partition coefficient (Wildman–Crippen LogP) is 3.65. The smallest absolute Gasteiger partial charge is 0.359 e. The third-order valence-electron chi connectivity index (χ3n) is 4.83. The zero-order valence-corrected chi connectivity index (χ0v) is 19.7. The lowest BCUT2D eigenvalue weighted by Gasteiger charge is -2.12. The number of nitrogens with zero attached hydrogens (tertiary/aromatic N) is 4. The SMILES string of the molecule is CCOC(=O)C1=NN(c2ccccc2)C(=O)/C1=C\N1C(=O)/C(=C/c2ccc([N+](=O)[O-])cc2)SC1=S. The fourth-order valence-corrected chi connectivity index (χ4v) is 4.40. The molecule has 10 nitrogen and oxygen atoms in total. The van der Waals surface area contributed by atoms with Crippen molar-refractivity contribution in [2.24, 2.45) is 5.10 Å². The average Bonchev–Trinajstić information content (AvgIpc) is 3.31. The normalized spacial score (nSPS) is 18.0. The fourth-order valence-electron chi connectivity index (χ4n) is 3.19. The molecule has 2 aliphatic heterocycles. The van der Waals surface area contributed by atoms with Crippen molar-refractivity contribution in [2.75, 3.05) is 11.6 Å². The molecule has 35 heavy (non-hydrogen) atoms. The van der Waals surface area contributed by atoms with Crippen LogP contribution in [0.3, 0.4) is 0 Å². The number of hydrogen-bond acceptors (Lipinski definition) is 9. The van der Waals surface area contributed by atoms with Crippen molar-refractivity contribution in [2.45, 2.75) is 6.92 Å². The van der Waals surface area contributed by atoms with E-state index in [1.54, 1.807) is 37.3 Å². The molecule has 1 saturated heterocycles. The number of nitro benzene ring substituents is 1. The average molecular weight is 509 g/mol. The lowest BCUT2D eigenvalue weighted by molar-refractivity contribution is -0.384. The number of esters is 1. The quantitative estimate of drug-likeness (QED) is 0.191. The van der Waals surface area contributed by atoms with Gasteiger partial charge in [0, 0.05) is 18.3 Å². The molecule has 0 bridgehead atoms. The van der Waals surface area contributed by atoms with Crippen LogP contribution in [0.5, 0.6) is 0 Å². The van der Waals surface area contributed by atoms with Crippen LogP contribution in [0, 0.1) is 10.1 Å². The van der Waals surface area contributed by atoms with E-state index >= 15 is 0 Å². The summed E-state index contributed by atoms with van der Waals surface area (Å²) in [6.07, 6.45) is 2.73. The van der Waals surface area contributed by atoms with Crippen LogP contribution < -0.4 is 5.01 Å². The number of para-hydroxylation sites is 1. The monoisotopic (exact) mass is 508 g/mol. The highest BCUT2D eigenvalue weighted by Gasteiger charge is 2.39. The van der Waals surface area contributed by atoms with Crippen molar-refractivity contribution >= 4 is 69.2 Å². The number of anilines is 1. The number of hydrogen-bond donors (Lipinski definition) is 0. The van der Waals surface area contributed by atoms with Crippen LogP contribution in [0.1, 0.15) is 12.5 Å². The lowest BCUT2D eigenvalue weighted by atomic mass is 10.1. The van der Waals surface area contributed by atoms with Gasteiger partial charge in [-0.05, 0) is 42.8 Å². The number of carbonyl (C=O) groups is 3. The maximum atomic E-state index is 13.2. The minimum absolute atomic E-state index is 0.0731. The van der Waals surface area contributed by atoms with Gasteiger partial charge in [0.25, 0.3) is 17.5 Å². The summed E-state index contributed by atoms with van der Waals surface area (Å²) in [5, 5.41) is 16.0. The Morgan fingerprint density at radius 3 is 2.46 bits per heavy atom. The van der Waals surface area contributed by atoms with Gasteiger partial charge in [0.2, 0.25) is 0 Å². The van der Waals surface area contributed by atoms with Gasteiger partial charge in [-0.3, -0.25) is 24.6 Å². The molecule has 0 aromatic heterocycles. The van der Waals surface area contributed by atoms with Crippen LogP contribution >= 0.6 is 24.0 Å². The number of carbonyl (C=O) groups excluding carboxylic acids is 3. The summed E-state index contributed by atoms with van der Waals surface area (Å²) in [5.41, 5.74) is 0.540. The van der Waals surface area contributed by atoms with E-state index in [0.717, 1.165) is 21.7 Å². The number of nitro groups is 1. The largest absolute Gasteiger partial charge is 0.461 e. The highest BCUT2D eigenvalue weighted by molar-refractivity contribution is 8.26. The summed E-state index contributed by atoms with van der Waals surface area (Å²) in [5.74, 6) is -1.94. The standard InChI is InChI=1S/C23H16N4O6S2/c1-2-33-22(30)19-17(20(28)26(24-19)15-6-4-3-5-7-15)13-25-21(29)18(35-23(25)34)12-14-8-10-16(11-9-14)27(31)32/h3-13H,2H2,1H3/b17-13-,18-12-. The molecule has 2 amide bonds. The van der Waals surface area contributed by atoms with Crippen molar-refractivity contribution in [3.63, 3.8) is 0 Å². The Balaban J connectivity index is 1.66. The zero-order valence-electron chi connectivity index (χ0n) is 18.1. The molecule has 0 N–H and O–H groups in total. The van der Waals surface area contributed by atoms with E-state index < -0.39 is 22.7 Å². The summed E-state index contributed by atoms with van der Waals surface area (Å²) >= 11 is 6.33. The third-order valence-corrected chi connectivity index (χ3v) is 6.16. The molecule has 0 atom stereocenters. The number of thiocarbonyl (C=S) groups is 1. The van der Waals surface area contributed by atoms with Gasteiger partial charge in [0.15, 0.2) is 10.0 Å². The van der Waals surface area contributed by atoms with Crippen molar-refractivity contribution < 1.29 is 24.0 Å². The van der Waals surface area contributed by atoms with Crippen molar-refractivity contribution in [3.8, 4) is 0 Å². The number of thioether (sulfide) groups is 1. The minimum atomic E-state index is -0.808. The summed E-state index contributed by atoms with van der Waals surface area (Å²) in [6, 6.07) is 14.2. The number of rotatable bonds is 6. The Labute approximate surface area is 208 Å². The summed E-state index contributed by atoms with van der Waals surface area (Å²) in [6.45, 7) is 1.70. The molecule has 12 heteroatoms. The third kappa shape index (κ3) is 4.88. The molecule has 1 fully saturated rings. The first-order valence-electron chi connectivity index (χ1n) is 10.2. The van der Waals surface area contributed by atoms with E-state index in [1.165, 1.54) is 36.5 Å². The molecule has 2 aromatic rings. The fraction of sp³-hybridized carbons (Fsp3) is 0.0870. The van der Waals surface area contributed by atoms with Crippen molar-refractivity contribution in [3.05, 3.63) is 87.0 Å². The Morgan fingerprint density at radius 1 is 1.14 bits per heavy atom. The highest BCUT2D eigenvalue weighted by atomic mass is 32.2. The molecule has 0 saturated carbocycles. The molecule has 2 aromatic carbocycles.